The molecule has 1 N–H and O–H groups in total. The van der Waals surface area contributed by atoms with E-state index in [9.17, 15) is 9.59 Å². The van der Waals surface area contributed by atoms with Crippen molar-refractivity contribution < 1.29 is 24.2 Å². The molecule has 0 radical (unpaired) electrons. The van der Waals surface area contributed by atoms with Gasteiger partial charge in [0.25, 0.3) is 0 Å². The number of amides is 1. The fraction of sp³-hybridized carbons (Fsp3) is 0.391. The van der Waals surface area contributed by atoms with E-state index in [1.54, 1.807) is 4.90 Å². The van der Waals surface area contributed by atoms with Crippen LogP contribution in [0.4, 0.5) is 0 Å². The SMILES string of the molecule is CC(C)Oc1cccc([C@@H]2[C@@H](OCC(=O)O)CCC(=O)N2Cc2ccccc2)c1. The molecule has 3 rings (SSSR count). The molecule has 1 aliphatic heterocycles. The third kappa shape index (κ3) is 5.57. The van der Waals surface area contributed by atoms with Crippen LogP contribution in [0.25, 0.3) is 0 Å². The number of rotatable bonds is 8. The van der Waals surface area contributed by atoms with Crippen LogP contribution in [0, 0.1) is 0 Å². The van der Waals surface area contributed by atoms with Crippen molar-refractivity contribution in [2.45, 2.75) is 51.5 Å². The van der Waals surface area contributed by atoms with Gasteiger partial charge in [-0.2, -0.15) is 0 Å². The van der Waals surface area contributed by atoms with E-state index in [1.807, 2.05) is 68.4 Å². The molecule has 0 aromatic heterocycles. The summed E-state index contributed by atoms with van der Waals surface area (Å²) >= 11 is 0. The van der Waals surface area contributed by atoms with Crippen LogP contribution in [-0.2, 0) is 20.9 Å². The molecule has 2 aromatic rings. The van der Waals surface area contributed by atoms with Crippen LogP contribution in [0.3, 0.4) is 0 Å². The second-order valence-electron chi connectivity index (χ2n) is 7.47. The number of hydrogen-bond donors (Lipinski definition) is 1. The average molecular weight is 397 g/mol. The Balaban J connectivity index is 1.94. The van der Waals surface area contributed by atoms with E-state index in [1.165, 1.54) is 0 Å². The highest BCUT2D eigenvalue weighted by Crippen LogP contribution is 2.36. The van der Waals surface area contributed by atoms with Gasteiger partial charge in [-0.3, -0.25) is 4.79 Å². The molecule has 29 heavy (non-hydrogen) atoms. The summed E-state index contributed by atoms with van der Waals surface area (Å²) in [4.78, 5) is 25.7. The molecule has 6 heteroatoms. The van der Waals surface area contributed by atoms with Crippen molar-refractivity contribution in [3.05, 3.63) is 65.7 Å². The number of carbonyl (C=O) groups excluding carboxylic acids is 1. The number of nitrogens with zero attached hydrogens (tertiary/aromatic N) is 1. The number of carboxylic acids is 1. The summed E-state index contributed by atoms with van der Waals surface area (Å²) < 4.78 is 11.5. The molecule has 0 bridgehead atoms. The van der Waals surface area contributed by atoms with E-state index in [0.717, 1.165) is 11.1 Å². The maximum Gasteiger partial charge on any atom is 0.329 e. The van der Waals surface area contributed by atoms with E-state index < -0.39 is 18.7 Å². The second-order valence-corrected chi connectivity index (χ2v) is 7.47. The first-order valence-corrected chi connectivity index (χ1v) is 9.87. The standard InChI is InChI=1S/C23H27NO5/c1-16(2)29-19-10-6-9-18(13-19)23-20(28-15-22(26)27)11-12-21(25)24(23)14-17-7-4-3-5-8-17/h3-10,13,16,20,23H,11-12,14-15H2,1-2H3,(H,26,27)/t20-,23+/m0/s1. The number of carbonyl (C=O) groups is 2. The number of benzene rings is 2. The van der Waals surface area contributed by atoms with E-state index in [-0.39, 0.29) is 18.1 Å². The fourth-order valence-corrected chi connectivity index (χ4v) is 3.68. The van der Waals surface area contributed by atoms with E-state index in [2.05, 4.69) is 0 Å². The van der Waals surface area contributed by atoms with Gasteiger partial charge in [0.1, 0.15) is 12.4 Å². The van der Waals surface area contributed by atoms with Crippen molar-refractivity contribution in [3.8, 4) is 5.75 Å². The van der Waals surface area contributed by atoms with Gasteiger partial charge < -0.3 is 19.5 Å². The number of carboxylic acid groups (broad SMARTS) is 1. The molecule has 1 saturated heterocycles. The minimum atomic E-state index is -1.02. The molecule has 0 unspecified atom stereocenters. The number of piperidine rings is 1. The Kier molecular flexibility index (Phi) is 6.88. The van der Waals surface area contributed by atoms with Crippen molar-refractivity contribution in [2.75, 3.05) is 6.61 Å². The summed E-state index contributed by atoms with van der Waals surface area (Å²) in [5, 5.41) is 9.07. The van der Waals surface area contributed by atoms with E-state index in [0.29, 0.717) is 25.1 Å². The van der Waals surface area contributed by atoms with Crippen LogP contribution in [0.2, 0.25) is 0 Å². The fourth-order valence-electron chi connectivity index (χ4n) is 3.68. The van der Waals surface area contributed by atoms with Crippen molar-refractivity contribution in [3.63, 3.8) is 0 Å². The largest absolute Gasteiger partial charge is 0.491 e. The topological polar surface area (TPSA) is 76.1 Å². The predicted molar refractivity (Wildman–Crippen MR) is 109 cm³/mol. The minimum absolute atomic E-state index is 0.0257. The Hall–Kier alpha value is -2.86. The monoisotopic (exact) mass is 397 g/mol. The van der Waals surface area contributed by atoms with Gasteiger partial charge in [-0.1, -0.05) is 42.5 Å². The molecular weight excluding hydrogens is 370 g/mol. The van der Waals surface area contributed by atoms with E-state index in [4.69, 9.17) is 14.6 Å². The van der Waals surface area contributed by atoms with Crippen molar-refractivity contribution in [1.29, 1.82) is 0 Å². The van der Waals surface area contributed by atoms with Gasteiger partial charge in [-0.25, -0.2) is 4.79 Å². The minimum Gasteiger partial charge on any atom is -0.491 e. The zero-order chi connectivity index (χ0) is 20.8. The normalized spacial score (nSPS) is 19.4. The lowest BCUT2D eigenvalue weighted by molar-refractivity contribution is -0.154. The third-order valence-electron chi connectivity index (χ3n) is 4.84. The Labute approximate surface area is 171 Å². The molecule has 1 fully saturated rings. The van der Waals surface area contributed by atoms with Crippen LogP contribution >= 0.6 is 0 Å². The summed E-state index contributed by atoms with van der Waals surface area (Å²) in [6, 6.07) is 17.0. The number of aliphatic carboxylic acids is 1. The van der Waals surface area contributed by atoms with Gasteiger partial charge in [-0.05, 0) is 43.5 Å². The molecule has 1 heterocycles. The summed E-state index contributed by atoms with van der Waals surface area (Å²) in [7, 11) is 0. The van der Waals surface area contributed by atoms with Crippen molar-refractivity contribution in [2.24, 2.45) is 0 Å². The summed E-state index contributed by atoms with van der Waals surface area (Å²) in [5.41, 5.74) is 1.89. The Morgan fingerprint density at radius 3 is 2.62 bits per heavy atom. The van der Waals surface area contributed by atoms with Crippen LogP contribution in [0.5, 0.6) is 5.75 Å². The van der Waals surface area contributed by atoms with Gasteiger partial charge >= 0.3 is 5.97 Å². The van der Waals surface area contributed by atoms with Crippen LogP contribution in [-0.4, -0.2) is 40.7 Å². The zero-order valence-corrected chi connectivity index (χ0v) is 16.8. The molecule has 1 aliphatic rings. The molecule has 0 aliphatic carbocycles. The number of ether oxygens (including phenoxy) is 2. The third-order valence-corrected chi connectivity index (χ3v) is 4.84. The van der Waals surface area contributed by atoms with Crippen molar-refractivity contribution in [1.82, 2.24) is 4.90 Å². The van der Waals surface area contributed by atoms with Crippen LogP contribution in [0.15, 0.2) is 54.6 Å². The number of hydrogen-bond acceptors (Lipinski definition) is 4. The first-order chi connectivity index (χ1) is 13.9. The van der Waals surface area contributed by atoms with Crippen LogP contribution < -0.4 is 4.74 Å². The maximum absolute atomic E-state index is 12.9. The lowest BCUT2D eigenvalue weighted by atomic mass is 9.91. The maximum atomic E-state index is 12.9. The summed E-state index contributed by atoms with van der Waals surface area (Å²) in [6.45, 7) is 3.96. The summed E-state index contributed by atoms with van der Waals surface area (Å²) in [5.74, 6) is -0.275. The molecular formula is C23H27NO5. The molecule has 2 aromatic carbocycles. The first kappa shape index (κ1) is 20.9. The zero-order valence-electron chi connectivity index (χ0n) is 16.8. The smallest absolute Gasteiger partial charge is 0.329 e. The summed E-state index contributed by atoms with van der Waals surface area (Å²) in [6.07, 6.45) is 0.437. The molecule has 2 atom stereocenters. The highest BCUT2D eigenvalue weighted by atomic mass is 16.5. The van der Waals surface area contributed by atoms with E-state index >= 15 is 0 Å². The molecule has 154 valence electrons. The molecule has 0 spiro atoms. The number of likely N-dealkylation sites (tertiary alicyclic amines) is 1. The predicted octanol–water partition coefficient (Wildman–Crippen LogP) is 3.81. The Morgan fingerprint density at radius 2 is 1.93 bits per heavy atom. The first-order valence-electron chi connectivity index (χ1n) is 9.87. The Morgan fingerprint density at radius 1 is 1.17 bits per heavy atom. The second kappa shape index (κ2) is 9.56. The molecule has 1 amide bonds. The molecule has 6 nitrogen and oxygen atoms in total. The highest BCUT2D eigenvalue weighted by Gasteiger charge is 2.38. The highest BCUT2D eigenvalue weighted by molar-refractivity contribution is 5.78. The molecule has 0 saturated carbocycles. The van der Waals surface area contributed by atoms with Gasteiger partial charge in [0.05, 0.1) is 18.2 Å². The Bertz CT molecular complexity index is 836. The van der Waals surface area contributed by atoms with Gasteiger partial charge in [0, 0.05) is 13.0 Å². The van der Waals surface area contributed by atoms with Gasteiger partial charge in [0.2, 0.25) is 5.91 Å². The quantitative estimate of drug-likeness (QED) is 0.733. The lowest BCUT2D eigenvalue weighted by Crippen LogP contribution is -2.46. The van der Waals surface area contributed by atoms with Crippen LogP contribution in [0.1, 0.15) is 43.9 Å². The van der Waals surface area contributed by atoms with Gasteiger partial charge in [0.15, 0.2) is 0 Å². The van der Waals surface area contributed by atoms with Crippen molar-refractivity contribution >= 4 is 11.9 Å². The average Bonchev–Trinajstić information content (AvgIpc) is 2.69. The van der Waals surface area contributed by atoms with Gasteiger partial charge in [-0.15, -0.1) is 0 Å². The lowest BCUT2D eigenvalue weighted by Gasteiger charge is -2.41.